The van der Waals surface area contributed by atoms with E-state index in [-0.39, 0.29) is 11.8 Å². The molecule has 0 aromatic heterocycles. The Balaban J connectivity index is 1.68. The summed E-state index contributed by atoms with van der Waals surface area (Å²) in [5.74, 6) is -0.144. The van der Waals surface area contributed by atoms with Gasteiger partial charge < -0.3 is 10.6 Å². The number of hydrogen-bond donors (Lipinski definition) is 2. The van der Waals surface area contributed by atoms with E-state index in [9.17, 15) is 9.59 Å². The summed E-state index contributed by atoms with van der Waals surface area (Å²) in [6.07, 6.45) is 1.97. The maximum absolute atomic E-state index is 11.9. The lowest BCUT2D eigenvalue weighted by Gasteiger charge is -2.07. The zero-order valence-electron chi connectivity index (χ0n) is 14.3. The van der Waals surface area contributed by atoms with Crippen molar-refractivity contribution in [3.63, 3.8) is 0 Å². The Morgan fingerprint density at radius 1 is 0.958 bits per heavy atom. The van der Waals surface area contributed by atoms with Crippen molar-refractivity contribution < 1.29 is 9.59 Å². The van der Waals surface area contributed by atoms with Gasteiger partial charge in [-0.05, 0) is 49.6 Å². The van der Waals surface area contributed by atoms with Crippen LogP contribution in [0.3, 0.4) is 0 Å². The van der Waals surface area contributed by atoms with Crippen molar-refractivity contribution in [3.8, 4) is 0 Å². The Bertz CT molecular complexity index is 676. The number of rotatable bonds is 7. The molecule has 2 amide bonds. The minimum atomic E-state index is -0.106. The standard InChI is InChI=1S/C20H24N2O2/c1-3-16-8-12-18(13-9-16)22-19(23)5-4-14-21-20(24)17-10-6-15(2)7-11-17/h6-13H,3-5,14H2,1-2H3,(H,21,24)(H,22,23). The number of carbonyl (C=O) groups excluding carboxylic acids is 2. The molecule has 0 bridgehead atoms. The number of anilines is 1. The van der Waals surface area contributed by atoms with Crippen LogP contribution in [0.4, 0.5) is 5.69 Å². The molecule has 0 heterocycles. The first-order valence-electron chi connectivity index (χ1n) is 8.32. The summed E-state index contributed by atoms with van der Waals surface area (Å²) >= 11 is 0. The molecular formula is C20H24N2O2. The van der Waals surface area contributed by atoms with E-state index >= 15 is 0 Å². The van der Waals surface area contributed by atoms with Gasteiger partial charge in [-0.25, -0.2) is 0 Å². The van der Waals surface area contributed by atoms with Gasteiger partial charge in [-0.3, -0.25) is 9.59 Å². The van der Waals surface area contributed by atoms with Gasteiger partial charge in [-0.1, -0.05) is 36.8 Å². The topological polar surface area (TPSA) is 58.2 Å². The second-order valence-electron chi connectivity index (χ2n) is 5.82. The average molecular weight is 324 g/mol. The number of hydrogen-bond acceptors (Lipinski definition) is 2. The average Bonchev–Trinajstić information content (AvgIpc) is 2.60. The number of aryl methyl sites for hydroxylation is 2. The quantitative estimate of drug-likeness (QED) is 0.763. The fraction of sp³-hybridized carbons (Fsp3) is 0.300. The molecule has 24 heavy (non-hydrogen) atoms. The van der Waals surface area contributed by atoms with Gasteiger partial charge in [0.1, 0.15) is 0 Å². The predicted molar refractivity (Wildman–Crippen MR) is 97.2 cm³/mol. The Kier molecular flexibility index (Phi) is 6.55. The Morgan fingerprint density at radius 2 is 1.62 bits per heavy atom. The van der Waals surface area contributed by atoms with Crippen molar-refractivity contribution in [2.75, 3.05) is 11.9 Å². The van der Waals surface area contributed by atoms with E-state index in [4.69, 9.17) is 0 Å². The normalized spacial score (nSPS) is 10.2. The van der Waals surface area contributed by atoms with Gasteiger partial charge in [-0.15, -0.1) is 0 Å². The second kappa shape index (κ2) is 8.87. The molecule has 2 aromatic rings. The van der Waals surface area contributed by atoms with Crippen LogP contribution in [0.1, 0.15) is 41.3 Å². The summed E-state index contributed by atoms with van der Waals surface area (Å²) in [5.41, 5.74) is 3.81. The molecule has 0 aliphatic heterocycles. The third-order valence-electron chi connectivity index (χ3n) is 3.83. The number of amides is 2. The van der Waals surface area contributed by atoms with E-state index in [0.29, 0.717) is 24.9 Å². The summed E-state index contributed by atoms with van der Waals surface area (Å²) in [4.78, 5) is 23.8. The fourth-order valence-corrected chi connectivity index (χ4v) is 2.31. The highest BCUT2D eigenvalue weighted by Gasteiger charge is 2.06. The van der Waals surface area contributed by atoms with Crippen LogP contribution in [0.15, 0.2) is 48.5 Å². The van der Waals surface area contributed by atoms with E-state index in [1.807, 2.05) is 43.3 Å². The van der Waals surface area contributed by atoms with E-state index in [0.717, 1.165) is 17.7 Å². The molecule has 0 radical (unpaired) electrons. The Hall–Kier alpha value is -2.62. The molecule has 0 saturated carbocycles. The third kappa shape index (κ3) is 5.54. The summed E-state index contributed by atoms with van der Waals surface area (Å²) in [7, 11) is 0. The van der Waals surface area contributed by atoms with Gasteiger partial charge in [0.25, 0.3) is 5.91 Å². The van der Waals surface area contributed by atoms with Crippen molar-refractivity contribution in [1.82, 2.24) is 5.32 Å². The van der Waals surface area contributed by atoms with E-state index in [1.54, 1.807) is 12.1 Å². The van der Waals surface area contributed by atoms with Crippen LogP contribution in [0, 0.1) is 6.92 Å². The molecule has 0 spiro atoms. The zero-order chi connectivity index (χ0) is 17.4. The molecule has 2 aromatic carbocycles. The van der Waals surface area contributed by atoms with E-state index in [2.05, 4.69) is 17.6 Å². The fourth-order valence-electron chi connectivity index (χ4n) is 2.31. The van der Waals surface area contributed by atoms with E-state index < -0.39 is 0 Å². The van der Waals surface area contributed by atoms with Crippen LogP contribution in [-0.2, 0) is 11.2 Å². The second-order valence-corrected chi connectivity index (χ2v) is 5.82. The Morgan fingerprint density at radius 3 is 2.25 bits per heavy atom. The monoisotopic (exact) mass is 324 g/mol. The first-order valence-corrected chi connectivity index (χ1v) is 8.32. The van der Waals surface area contributed by atoms with Crippen LogP contribution in [-0.4, -0.2) is 18.4 Å². The zero-order valence-corrected chi connectivity index (χ0v) is 14.3. The number of nitrogens with one attached hydrogen (secondary N) is 2. The Labute approximate surface area is 143 Å². The largest absolute Gasteiger partial charge is 0.352 e. The molecule has 0 aliphatic carbocycles. The van der Waals surface area contributed by atoms with Gasteiger partial charge in [0.15, 0.2) is 0 Å². The molecule has 0 fully saturated rings. The van der Waals surface area contributed by atoms with Gasteiger partial charge in [0.05, 0.1) is 0 Å². The molecule has 4 heteroatoms. The summed E-state index contributed by atoms with van der Waals surface area (Å²) in [6, 6.07) is 15.3. The highest BCUT2D eigenvalue weighted by Crippen LogP contribution is 2.10. The van der Waals surface area contributed by atoms with Crippen LogP contribution >= 0.6 is 0 Å². The van der Waals surface area contributed by atoms with Crippen LogP contribution in [0.5, 0.6) is 0 Å². The van der Waals surface area contributed by atoms with Gasteiger partial charge in [0.2, 0.25) is 5.91 Å². The van der Waals surface area contributed by atoms with Crippen molar-refractivity contribution in [3.05, 3.63) is 65.2 Å². The highest BCUT2D eigenvalue weighted by atomic mass is 16.2. The van der Waals surface area contributed by atoms with Crippen molar-refractivity contribution in [2.45, 2.75) is 33.1 Å². The summed E-state index contributed by atoms with van der Waals surface area (Å²) < 4.78 is 0. The van der Waals surface area contributed by atoms with Gasteiger partial charge >= 0.3 is 0 Å². The molecule has 0 atom stereocenters. The number of benzene rings is 2. The lowest BCUT2D eigenvalue weighted by molar-refractivity contribution is -0.116. The van der Waals surface area contributed by atoms with Gasteiger partial charge in [-0.2, -0.15) is 0 Å². The maximum atomic E-state index is 11.9. The third-order valence-corrected chi connectivity index (χ3v) is 3.83. The lowest BCUT2D eigenvalue weighted by atomic mass is 10.1. The van der Waals surface area contributed by atoms with Crippen molar-refractivity contribution in [2.24, 2.45) is 0 Å². The molecule has 4 nitrogen and oxygen atoms in total. The minimum absolute atomic E-state index is 0.0381. The number of carbonyl (C=O) groups is 2. The first-order chi connectivity index (χ1) is 11.6. The van der Waals surface area contributed by atoms with Crippen molar-refractivity contribution >= 4 is 17.5 Å². The smallest absolute Gasteiger partial charge is 0.251 e. The van der Waals surface area contributed by atoms with Crippen LogP contribution < -0.4 is 10.6 Å². The molecule has 2 N–H and O–H groups in total. The van der Waals surface area contributed by atoms with Gasteiger partial charge in [0, 0.05) is 24.2 Å². The highest BCUT2D eigenvalue weighted by molar-refractivity contribution is 5.94. The molecular weight excluding hydrogens is 300 g/mol. The summed E-state index contributed by atoms with van der Waals surface area (Å²) in [5, 5.41) is 5.70. The minimum Gasteiger partial charge on any atom is -0.352 e. The SMILES string of the molecule is CCc1ccc(NC(=O)CCCNC(=O)c2ccc(C)cc2)cc1. The predicted octanol–water partition coefficient (Wildman–Crippen LogP) is 3.71. The van der Waals surface area contributed by atoms with E-state index in [1.165, 1.54) is 5.56 Å². The molecule has 0 unspecified atom stereocenters. The van der Waals surface area contributed by atoms with Crippen LogP contribution in [0.25, 0.3) is 0 Å². The molecule has 2 rings (SSSR count). The lowest BCUT2D eigenvalue weighted by Crippen LogP contribution is -2.25. The molecule has 126 valence electrons. The summed E-state index contributed by atoms with van der Waals surface area (Å²) in [6.45, 7) is 4.56. The maximum Gasteiger partial charge on any atom is 0.251 e. The first kappa shape index (κ1) is 17.7. The van der Waals surface area contributed by atoms with Crippen molar-refractivity contribution in [1.29, 1.82) is 0 Å². The molecule has 0 saturated heterocycles. The van der Waals surface area contributed by atoms with Crippen LogP contribution in [0.2, 0.25) is 0 Å². The molecule has 0 aliphatic rings.